The first-order valence-corrected chi connectivity index (χ1v) is 8.16. The molecule has 1 N–H and O–H groups in total. The van der Waals surface area contributed by atoms with Gasteiger partial charge in [0.1, 0.15) is 5.82 Å². The van der Waals surface area contributed by atoms with E-state index in [2.05, 4.69) is 19.2 Å². The number of thiazole rings is 1. The van der Waals surface area contributed by atoms with Gasteiger partial charge in [-0.2, -0.15) is 0 Å². The van der Waals surface area contributed by atoms with E-state index in [1.54, 1.807) is 23.5 Å². The van der Waals surface area contributed by atoms with Crippen molar-refractivity contribution in [3.8, 4) is 0 Å². The van der Waals surface area contributed by atoms with Crippen molar-refractivity contribution in [3.63, 3.8) is 0 Å². The van der Waals surface area contributed by atoms with Gasteiger partial charge < -0.3 is 10.2 Å². The molecule has 0 bridgehead atoms. The molecule has 2 aromatic rings. The van der Waals surface area contributed by atoms with Crippen molar-refractivity contribution in [3.05, 3.63) is 40.7 Å². The number of aromatic nitrogens is 1. The van der Waals surface area contributed by atoms with Crippen LogP contribution >= 0.6 is 11.3 Å². The molecule has 0 saturated carbocycles. The largest absolute Gasteiger partial charge is 0.318 e. The Morgan fingerprint density at radius 3 is 2.71 bits per heavy atom. The summed E-state index contributed by atoms with van der Waals surface area (Å²) >= 11 is 1.64. The smallest absolute Gasteiger partial charge is 0.190 e. The summed E-state index contributed by atoms with van der Waals surface area (Å²) in [6, 6.07) is 6.80. The summed E-state index contributed by atoms with van der Waals surface area (Å²) < 4.78 is 13.9. The molecule has 0 aliphatic carbocycles. The van der Waals surface area contributed by atoms with Crippen LogP contribution in [0.4, 0.5) is 15.2 Å². The van der Waals surface area contributed by atoms with Crippen LogP contribution in [0.2, 0.25) is 0 Å². The van der Waals surface area contributed by atoms with E-state index in [-0.39, 0.29) is 5.82 Å². The molecule has 0 saturated heterocycles. The molecule has 21 heavy (non-hydrogen) atoms. The molecule has 5 heteroatoms. The zero-order valence-electron chi connectivity index (χ0n) is 12.8. The fourth-order valence-electron chi connectivity index (χ4n) is 2.15. The Kier molecular flexibility index (Phi) is 5.70. The first-order chi connectivity index (χ1) is 10.2. The fraction of sp³-hybridized carbons (Fsp3) is 0.438. The second-order valence-corrected chi connectivity index (χ2v) is 5.97. The zero-order valence-corrected chi connectivity index (χ0v) is 13.6. The van der Waals surface area contributed by atoms with Crippen LogP contribution in [0.15, 0.2) is 24.3 Å². The third-order valence-corrected chi connectivity index (χ3v) is 4.46. The van der Waals surface area contributed by atoms with Crippen LogP contribution in [0.3, 0.4) is 0 Å². The highest BCUT2D eigenvalue weighted by Crippen LogP contribution is 2.32. The lowest BCUT2D eigenvalue weighted by Crippen LogP contribution is -2.11. The van der Waals surface area contributed by atoms with E-state index in [0.29, 0.717) is 5.69 Å². The third-order valence-electron chi connectivity index (χ3n) is 3.29. The van der Waals surface area contributed by atoms with Crippen LogP contribution < -0.4 is 10.2 Å². The number of halogens is 1. The molecule has 0 amide bonds. The molecule has 3 nitrogen and oxygen atoms in total. The van der Waals surface area contributed by atoms with E-state index in [9.17, 15) is 4.39 Å². The topological polar surface area (TPSA) is 28.2 Å². The zero-order chi connectivity index (χ0) is 15.2. The summed E-state index contributed by atoms with van der Waals surface area (Å²) in [6.45, 7) is 6.00. The maximum atomic E-state index is 13.9. The first kappa shape index (κ1) is 15.9. The van der Waals surface area contributed by atoms with Gasteiger partial charge in [0, 0.05) is 18.5 Å². The SMILES string of the molecule is CCCc1nc(N(C)c2ccccc2F)sc1CNCC. The molecule has 0 radical (unpaired) electrons. The van der Waals surface area contributed by atoms with E-state index in [1.807, 2.05) is 18.0 Å². The lowest BCUT2D eigenvalue weighted by atomic mass is 10.2. The van der Waals surface area contributed by atoms with Crippen molar-refractivity contribution in [1.29, 1.82) is 0 Å². The monoisotopic (exact) mass is 307 g/mol. The van der Waals surface area contributed by atoms with Gasteiger partial charge in [-0.3, -0.25) is 0 Å². The van der Waals surface area contributed by atoms with Crippen molar-refractivity contribution >= 4 is 22.2 Å². The molecule has 1 heterocycles. The number of para-hydroxylation sites is 1. The van der Waals surface area contributed by atoms with E-state index < -0.39 is 0 Å². The van der Waals surface area contributed by atoms with E-state index >= 15 is 0 Å². The molecule has 1 aromatic heterocycles. The summed E-state index contributed by atoms with van der Waals surface area (Å²) in [6.07, 6.45) is 2.02. The number of hydrogen-bond donors (Lipinski definition) is 1. The van der Waals surface area contributed by atoms with Gasteiger partial charge in [-0.05, 0) is 25.1 Å². The number of nitrogens with zero attached hydrogens (tertiary/aromatic N) is 2. The molecular formula is C16H22FN3S. The summed E-state index contributed by atoms with van der Waals surface area (Å²) in [7, 11) is 1.87. The second kappa shape index (κ2) is 7.52. The summed E-state index contributed by atoms with van der Waals surface area (Å²) in [5.74, 6) is -0.222. The van der Waals surface area contributed by atoms with Gasteiger partial charge in [-0.15, -0.1) is 0 Å². The molecule has 0 aliphatic rings. The standard InChI is InChI=1S/C16H22FN3S/c1-4-8-13-15(11-18-5-2)21-16(19-13)20(3)14-10-7-6-9-12(14)17/h6-7,9-10,18H,4-5,8,11H2,1-3H3. The third kappa shape index (κ3) is 3.80. The number of nitrogens with one attached hydrogen (secondary N) is 1. The van der Waals surface area contributed by atoms with E-state index in [1.165, 1.54) is 10.9 Å². The van der Waals surface area contributed by atoms with Gasteiger partial charge in [-0.1, -0.05) is 43.7 Å². The van der Waals surface area contributed by atoms with E-state index in [4.69, 9.17) is 4.98 Å². The van der Waals surface area contributed by atoms with Crippen molar-refractivity contribution < 1.29 is 4.39 Å². The second-order valence-electron chi connectivity index (χ2n) is 4.91. The number of benzene rings is 1. The first-order valence-electron chi connectivity index (χ1n) is 7.34. The Labute approximate surface area is 129 Å². The van der Waals surface area contributed by atoms with Crippen molar-refractivity contribution in [2.75, 3.05) is 18.5 Å². The Morgan fingerprint density at radius 2 is 2.05 bits per heavy atom. The normalized spacial score (nSPS) is 10.9. The van der Waals surface area contributed by atoms with Crippen molar-refractivity contribution in [2.45, 2.75) is 33.2 Å². The lowest BCUT2D eigenvalue weighted by Gasteiger charge is -2.16. The molecule has 0 aliphatic heterocycles. The minimum atomic E-state index is -0.222. The Morgan fingerprint density at radius 1 is 1.29 bits per heavy atom. The maximum Gasteiger partial charge on any atom is 0.190 e. The van der Waals surface area contributed by atoms with Crippen LogP contribution in [-0.2, 0) is 13.0 Å². The predicted molar refractivity (Wildman–Crippen MR) is 88.0 cm³/mol. The van der Waals surface area contributed by atoms with Gasteiger partial charge in [0.05, 0.1) is 11.4 Å². The molecule has 0 spiro atoms. The summed E-state index contributed by atoms with van der Waals surface area (Å²) in [4.78, 5) is 7.78. The van der Waals surface area contributed by atoms with Crippen LogP contribution in [-0.4, -0.2) is 18.6 Å². The highest BCUT2D eigenvalue weighted by molar-refractivity contribution is 7.15. The van der Waals surface area contributed by atoms with Crippen LogP contribution in [0.1, 0.15) is 30.8 Å². The number of hydrogen-bond acceptors (Lipinski definition) is 4. The number of anilines is 2. The molecule has 0 unspecified atom stereocenters. The van der Waals surface area contributed by atoms with Gasteiger partial charge >= 0.3 is 0 Å². The van der Waals surface area contributed by atoms with Crippen LogP contribution in [0.5, 0.6) is 0 Å². The fourth-order valence-corrected chi connectivity index (χ4v) is 3.20. The minimum Gasteiger partial charge on any atom is -0.318 e. The molecule has 0 fully saturated rings. The minimum absolute atomic E-state index is 0.222. The molecule has 0 atom stereocenters. The Bertz CT molecular complexity index is 583. The number of rotatable bonds is 7. The van der Waals surface area contributed by atoms with E-state index in [0.717, 1.165) is 36.8 Å². The maximum absolute atomic E-state index is 13.9. The summed E-state index contributed by atoms with van der Waals surface area (Å²) in [5, 5.41) is 4.19. The Hall–Kier alpha value is -1.46. The molecular weight excluding hydrogens is 285 g/mol. The quantitative estimate of drug-likeness (QED) is 0.834. The lowest BCUT2D eigenvalue weighted by molar-refractivity contribution is 0.627. The van der Waals surface area contributed by atoms with Crippen LogP contribution in [0, 0.1) is 5.82 Å². The van der Waals surface area contributed by atoms with Gasteiger partial charge in [0.15, 0.2) is 5.13 Å². The van der Waals surface area contributed by atoms with Crippen molar-refractivity contribution in [1.82, 2.24) is 10.3 Å². The van der Waals surface area contributed by atoms with Crippen molar-refractivity contribution in [2.24, 2.45) is 0 Å². The Balaban J connectivity index is 2.28. The van der Waals surface area contributed by atoms with Crippen LogP contribution in [0.25, 0.3) is 0 Å². The highest BCUT2D eigenvalue weighted by atomic mass is 32.1. The summed E-state index contributed by atoms with van der Waals surface area (Å²) in [5.41, 5.74) is 1.69. The predicted octanol–water partition coefficient (Wildman–Crippen LogP) is 4.11. The highest BCUT2D eigenvalue weighted by Gasteiger charge is 2.16. The van der Waals surface area contributed by atoms with Gasteiger partial charge in [0.2, 0.25) is 0 Å². The van der Waals surface area contributed by atoms with Gasteiger partial charge in [-0.25, -0.2) is 9.37 Å². The molecule has 1 aromatic carbocycles. The average molecular weight is 307 g/mol. The average Bonchev–Trinajstić information content (AvgIpc) is 2.88. The number of aryl methyl sites for hydroxylation is 1. The molecule has 2 rings (SSSR count). The molecule has 114 valence electrons. The van der Waals surface area contributed by atoms with Gasteiger partial charge in [0.25, 0.3) is 0 Å².